The molecule has 114 valence electrons. The highest BCUT2D eigenvalue weighted by molar-refractivity contribution is 5.13. The van der Waals surface area contributed by atoms with E-state index in [1.165, 1.54) is 31.2 Å². The maximum Gasteiger partial charge on any atom is 0.0717 e. The Balaban J connectivity index is 2.14. The highest BCUT2D eigenvalue weighted by Crippen LogP contribution is 2.22. The maximum absolute atomic E-state index is 5.83. The number of hydrogen-bond donors (Lipinski definition) is 0. The van der Waals surface area contributed by atoms with Crippen LogP contribution >= 0.6 is 0 Å². The second-order valence-corrected chi connectivity index (χ2v) is 6.58. The van der Waals surface area contributed by atoms with E-state index in [2.05, 4.69) is 52.0 Å². The molecule has 1 nitrogen and oxygen atoms in total. The molecule has 1 aromatic rings. The maximum atomic E-state index is 5.83. The second kappa shape index (κ2) is 9.99. The molecule has 0 radical (unpaired) electrons. The molecule has 20 heavy (non-hydrogen) atoms. The summed E-state index contributed by atoms with van der Waals surface area (Å²) in [6.07, 6.45) is 5.31. The minimum Gasteiger partial charge on any atom is -0.376 e. The van der Waals surface area contributed by atoms with Crippen LogP contribution in [-0.4, -0.2) is 6.61 Å². The molecule has 0 saturated heterocycles. The van der Waals surface area contributed by atoms with Crippen molar-refractivity contribution in [2.24, 2.45) is 17.8 Å². The van der Waals surface area contributed by atoms with E-state index in [0.29, 0.717) is 5.92 Å². The van der Waals surface area contributed by atoms with E-state index in [1.807, 2.05) is 6.07 Å². The van der Waals surface area contributed by atoms with Gasteiger partial charge >= 0.3 is 0 Å². The summed E-state index contributed by atoms with van der Waals surface area (Å²) in [5.74, 6) is 2.34. The summed E-state index contributed by atoms with van der Waals surface area (Å²) < 4.78 is 5.83. The number of benzene rings is 1. The van der Waals surface area contributed by atoms with E-state index >= 15 is 0 Å². The Bertz CT molecular complexity index is 333. The molecule has 0 bridgehead atoms. The summed E-state index contributed by atoms with van der Waals surface area (Å²) in [5.41, 5.74) is 1.27. The molecule has 0 unspecified atom stereocenters. The van der Waals surface area contributed by atoms with Gasteiger partial charge in [-0.1, -0.05) is 70.9 Å². The van der Waals surface area contributed by atoms with Crippen LogP contribution in [0.3, 0.4) is 0 Å². The van der Waals surface area contributed by atoms with Crippen molar-refractivity contribution in [1.82, 2.24) is 0 Å². The first-order valence-electron chi connectivity index (χ1n) is 8.23. The van der Waals surface area contributed by atoms with Crippen molar-refractivity contribution in [3.05, 3.63) is 35.9 Å². The van der Waals surface area contributed by atoms with Crippen LogP contribution in [0.25, 0.3) is 0 Å². The average molecular weight is 276 g/mol. The van der Waals surface area contributed by atoms with E-state index in [1.54, 1.807) is 0 Å². The van der Waals surface area contributed by atoms with Crippen LogP contribution in [0, 0.1) is 17.8 Å². The van der Waals surface area contributed by atoms with Gasteiger partial charge in [0.1, 0.15) is 0 Å². The zero-order valence-corrected chi connectivity index (χ0v) is 13.8. The summed E-state index contributed by atoms with van der Waals surface area (Å²) in [7, 11) is 0. The van der Waals surface area contributed by atoms with E-state index in [-0.39, 0.29) is 0 Å². The van der Waals surface area contributed by atoms with Gasteiger partial charge in [0.05, 0.1) is 6.61 Å². The van der Waals surface area contributed by atoms with Gasteiger partial charge in [0.25, 0.3) is 0 Å². The Morgan fingerprint density at radius 1 is 0.900 bits per heavy atom. The minimum absolute atomic E-state index is 0.655. The third kappa shape index (κ3) is 7.69. The van der Waals surface area contributed by atoms with Crippen LogP contribution in [-0.2, 0) is 11.3 Å². The predicted octanol–water partition coefficient (Wildman–Crippen LogP) is 5.69. The summed E-state index contributed by atoms with van der Waals surface area (Å²) in [4.78, 5) is 0. The van der Waals surface area contributed by atoms with Crippen molar-refractivity contribution in [3.63, 3.8) is 0 Å². The largest absolute Gasteiger partial charge is 0.376 e. The normalized spacial score (nSPS) is 15.8. The predicted molar refractivity (Wildman–Crippen MR) is 87.7 cm³/mol. The molecule has 0 aliphatic heterocycles. The summed E-state index contributed by atoms with van der Waals surface area (Å²) in [6, 6.07) is 10.4. The van der Waals surface area contributed by atoms with Gasteiger partial charge in [-0.15, -0.1) is 0 Å². The standard InChI is InChI=1S/C19H32O/c1-5-9-16(2)12-17(3)13-18(4)14-20-15-19-10-7-6-8-11-19/h6-8,10-11,16-18H,5,9,12-15H2,1-4H3/t16-,17-,18-/m0/s1. The fraction of sp³-hybridized carbons (Fsp3) is 0.684. The van der Waals surface area contributed by atoms with Gasteiger partial charge in [-0.05, 0) is 36.2 Å². The topological polar surface area (TPSA) is 9.23 Å². The quantitative estimate of drug-likeness (QED) is 0.533. The van der Waals surface area contributed by atoms with E-state index in [9.17, 15) is 0 Å². The van der Waals surface area contributed by atoms with Gasteiger partial charge in [0.15, 0.2) is 0 Å². The van der Waals surface area contributed by atoms with Crippen LogP contribution < -0.4 is 0 Å². The van der Waals surface area contributed by atoms with E-state index in [0.717, 1.165) is 25.0 Å². The molecule has 3 atom stereocenters. The van der Waals surface area contributed by atoms with E-state index < -0.39 is 0 Å². The Labute approximate surface area is 125 Å². The zero-order valence-electron chi connectivity index (χ0n) is 13.8. The number of ether oxygens (including phenoxy) is 1. The SMILES string of the molecule is CCC[C@H](C)C[C@H](C)C[C@H](C)COCc1ccccc1. The van der Waals surface area contributed by atoms with Gasteiger partial charge in [-0.2, -0.15) is 0 Å². The molecule has 0 aromatic heterocycles. The molecular weight excluding hydrogens is 244 g/mol. The molecule has 0 fully saturated rings. The lowest BCUT2D eigenvalue weighted by molar-refractivity contribution is 0.0834. The fourth-order valence-electron chi connectivity index (χ4n) is 3.10. The lowest BCUT2D eigenvalue weighted by Gasteiger charge is -2.20. The zero-order chi connectivity index (χ0) is 14.8. The average Bonchev–Trinajstić information content (AvgIpc) is 2.39. The first-order valence-corrected chi connectivity index (χ1v) is 8.23. The second-order valence-electron chi connectivity index (χ2n) is 6.58. The van der Waals surface area contributed by atoms with Gasteiger partial charge in [-0.3, -0.25) is 0 Å². The Morgan fingerprint density at radius 3 is 2.20 bits per heavy atom. The summed E-state index contributed by atoms with van der Waals surface area (Å²) in [5, 5.41) is 0. The fourth-order valence-corrected chi connectivity index (χ4v) is 3.10. The highest BCUT2D eigenvalue weighted by atomic mass is 16.5. The highest BCUT2D eigenvalue weighted by Gasteiger charge is 2.12. The summed E-state index contributed by atoms with van der Waals surface area (Å²) in [6.45, 7) is 11.0. The van der Waals surface area contributed by atoms with Gasteiger partial charge in [0, 0.05) is 6.61 Å². The first kappa shape index (κ1) is 17.2. The Morgan fingerprint density at radius 2 is 1.55 bits per heavy atom. The van der Waals surface area contributed by atoms with Gasteiger partial charge in [-0.25, -0.2) is 0 Å². The van der Waals surface area contributed by atoms with Crippen molar-refractivity contribution in [2.75, 3.05) is 6.61 Å². The Hall–Kier alpha value is -0.820. The van der Waals surface area contributed by atoms with E-state index in [4.69, 9.17) is 4.74 Å². The number of hydrogen-bond acceptors (Lipinski definition) is 1. The monoisotopic (exact) mass is 276 g/mol. The van der Waals surface area contributed by atoms with Crippen molar-refractivity contribution < 1.29 is 4.74 Å². The molecule has 0 N–H and O–H groups in total. The smallest absolute Gasteiger partial charge is 0.0717 e. The van der Waals surface area contributed by atoms with Crippen LogP contribution in [0.15, 0.2) is 30.3 Å². The van der Waals surface area contributed by atoms with Crippen molar-refractivity contribution >= 4 is 0 Å². The van der Waals surface area contributed by atoms with Crippen molar-refractivity contribution in [2.45, 2.75) is 60.0 Å². The molecule has 0 heterocycles. The molecule has 0 saturated carbocycles. The van der Waals surface area contributed by atoms with Gasteiger partial charge in [0.2, 0.25) is 0 Å². The van der Waals surface area contributed by atoms with Gasteiger partial charge < -0.3 is 4.74 Å². The molecule has 0 aliphatic rings. The molecule has 0 aliphatic carbocycles. The van der Waals surface area contributed by atoms with Crippen LogP contribution in [0.4, 0.5) is 0 Å². The minimum atomic E-state index is 0.655. The molecule has 0 spiro atoms. The van der Waals surface area contributed by atoms with Crippen LogP contribution in [0.2, 0.25) is 0 Å². The third-order valence-corrected chi connectivity index (χ3v) is 3.90. The Kier molecular flexibility index (Phi) is 8.60. The lowest BCUT2D eigenvalue weighted by Crippen LogP contribution is -2.12. The van der Waals surface area contributed by atoms with Crippen LogP contribution in [0.1, 0.15) is 58.9 Å². The summed E-state index contributed by atoms with van der Waals surface area (Å²) >= 11 is 0. The van der Waals surface area contributed by atoms with Crippen LogP contribution in [0.5, 0.6) is 0 Å². The first-order chi connectivity index (χ1) is 9.61. The number of rotatable bonds is 10. The molecule has 1 rings (SSSR count). The third-order valence-electron chi connectivity index (χ3n) is 3.90. The van der Waals surface area contributed by atoms with Crippen molar-refractivity contribution in [1.29, 1.82) is 0 Å². The molecule has 0 amide bonds. The van der Waals surface area contributed by atoms with Crippen molar-refractivity contribution in [3.8, 4) is 0 Å². The molecule has 1 aromatic carbocycles. The molecular formula is C19H32O. The lowest BCUT2D eigenvalue weighted by atomic mass is 9.88. The molecule has 1 heteroatoms.